The molecule has 1 saturated carbocycles. The van der Waals surface area contributed by atoms with Gasteiger partial charge in [-0.05, 0) is 25.0 Å². The highest BCUT2D eigenvalue weighted by molar-refractivity contribution is 5.37. The van der Waals surface area contributed by atoms with Crippen molar-refractivity contribution >= 4 is 0 Å². The lowest BCUT2D eigenvalue weighted by Gasteiger charge is -2.18. The standard InChI is InChI=1S/C12H13N3O3/c16-12(17,18)9-2-1-5-13-11(9)15-7-6-14-10(15)8-3-4-8/h1-2,5-8,16-18H,3-4H2. The second-order valence-corrected chi connectivity index (χ2v) is 4.44. The maximum atomic E-state index is 9.35. The van der Waals surface area contributed by atoms with Crippen molar-refractivity contribution in [2.45, 2.75) is 24.7 Å². The zero-order chi connectivity index (χ0) is 12.8. The Labute approximate surface area is 103 Å². The zero-order valence-electron chi connectivity index (χ0n) is 9.56. The van der Waals surface area contributed by atoms with Crippen molar-refractivity contribution in [2.24, 2.45) is 0 Å². The first-order valence-electron chi connectivity index (χ1n) is 5.73. The zero-order valence-corrected chi connectivity index (χ0v) is 9.56. The Bertz CT molecular complexity index is 570. The molecule has 1 aliphatic carbocycles. The summed E-state index contributed by atoms with van der Waals surface area (Å²) in [6.45, 7) is 0. The summed E-state index contributed by atoms with van der Waals surface area (Å²) in [7, 11) is 0. The fourth-order valence-electron chi connectivity index (χ4n) is 1.99. The molecular weight excluding hydrogens is 234 g/mol. The van der Waals surface area contributed by atoms with Gasteiger partial charge in [0.15, 0.2) is 0 Å². The van der Waals surface area contributed by atoms with E-state index in [-0.39, 0.29) is 11.4 Å². The van der Waals surface area contributed by atoms with Gasteiger partial charge in [0.1, 0.15) is 11.6 Å². The molecule has 0 spiro atoms. The summed E-state index contributed by atoms with van der Waals surface area (Å²) in [5.41, 5.74) is -0.0649. The highest BCUT2D eigenvalue weighted by Gasteiger charge is 2.32. The minimum Gasteiger partial charge on any atom is -0.340 e. The van der Waals surface area contributed by atoms with Crippen LogP contribution in [0.5, 0.6) is 0 Å². The van der Waals surface area contributed by atoms with Crippen LogP contribution in [0.1, 0.15) is 30.1 Å². The highest BCUT2D eigenvalue weighted by atomic mass is 16.7. The van der Waals surface area contributed by atoms with E-state index in [9.17, 15) is 15.3 Å². The first kappa shape index (κ1) is 11.3. The van der Waals surface area contributed by atoms with Crippen LogP contribution >= 0.6 is 0 Å². The summed E-state index contributed by atoms with van der Waals surface area (Å²) < 4.78 is 1.68. The molecular formula is C12H13N3O3. The van der Waals surface area contributed by atoms with Gasteiger partial charge >= 0.3 is 5.97 Å². The Hall–Kier alpha value is -1.76. The lowest BCUT2D eigenvalue weighted by molar-refractivity contribution is -0.323. The molecule has 0 aromatic carbocycles. The van der Waals surface area contributed by atoms with E-state index >= 15 is 0 Å². The Morgan fingerprint density at radius 2 is 1.94 bits per heavy atom. The number of nitrogens with zero attached hydrogens (tertiary/aromatic N) is 3. The first-order valence-corrected chi connectivity index (χ1v) is 5.73. The molecule has 0 saturated heterocycles. The lowest BCUT2D eigenvalue weighted by atomic mass is 10.2. The predicted octanol–water partition coefficient (Wildman–Crippen LogP) is 0.232. The fourth-order valence-corrected chi connectivity index (χ4v) is 1.99. The van der Waals surface area contributed by atoms with Crippen LogP contribution in [0.15, 0.2) is 30.7 Å². The monoisotopic (exact) mass is 247 g/mol. The van der Waals surface area contributed by atoms with Crippen LogP contribution in [0, 0.1) is 0 Å². The molecule has 3 rings (SSSR count). The van der Waals surface area contributed by atoms with E-state index in [1.807, 2.05) is 0 Å². The van der Waals surface area contributed by atoms with Gasteiger partial charge in [0, 0.05) is 24.5 Å². The summed E-state index contributed by atoms with van der Waals surface area (Å²) in [4.78, 5) is 8.36. The van der Waals surface area contributed by atoms with Crippen LogP contribution in [-0.2, 0) is 5.97 Å². The molecule has 6 heteroatoms. The maximum absolute atomic E-state index is 9.35. The normalized spacial score (nSPS) is 15.9. The number of imidazole rings is 1. The average molecular weight is 247 g/mol. The number of aromatic nitrogens is 3. The minimum absolute atomic E-state index is 0.0649. The lowest BCUT2D eigenvalue weighted by Crippen LogP contribution is -2.26. The molecule has 1 aliphatic rings. The maximum Gasteiger partial charge on any atom is 0.308 e. The molecule has 0 radical (unpaired) electrons. The van der Waals surface area contributed by atoms with Gasteiger partial charge in [-0.25, -0.2) is 9.97 Å². The molecule has 0 aliphatic heterocycles. The van der Waals surface area contributed by atoms with Crippen molar-refractivity contribution in [3.05, 3.63) is 42.1 Å². The van der Waals surface area contributed by atoms with Gasteiger partial charge < -0.3 is 15.3 Å². The molecule has 2 aromatic rings. The van der Waals surface area contributed by atoms with E-state index in [1.54, 1.807) is 17.0 Å². The molecule has 1 fully saturated rings. The molecule has 94 valence electrons. The van der Waals surface area contributed by atoms with E-state index in [1.165, 1.54) is 18.3 Å². The SMILES string of the molecule is OC(O)(O)c1cccnc1-n1ccnc1C1CC1. The van der Waals surface area contributed by atoms with Crippen LogP contribution < -0.4 is 0 Å². The molecule has 3 N–H and O–H groups in total. The van der Waals surface area contributed by atoms with Crippen LogP contribution in [0.2, 0.25) is 0 Å². The van der Waals surface area contributed by atoms with E-state index in [0.29, 0.717) is 5.92 Å². The van der Waals surface area contributed by atoms with Crippen molar-refractivity contribution in [1.29, 1.82) is 0 Å². The van der Waals surface area contributed by atoms with Gasteiger partial charge in [0.25, 0.3) is 0 Å². The third-order valence-electron chi connectivity index (χ3n) is 2.99. The summed E-state index contributed by atoms with van der Waals surface area (Å²) in [6.07, 6.45) is 7.01. The van der Waals surface area contributed by atoms with Crippen molar-refractivity contribution < 1.29 is 15.3 Å². The Balaban J connectivity index is 2.14. The van der Waals surface area contributed by atoms with Crippen LogP contribution in [0.25, 0.3) is 5.82 Å². The second-order valence-electron chi connectivity index (χ2n) is 4.44. The molecule has 2 aromatic heterocycles. The topological polar surface area (TPSA) is 91.4 Å². The fraction of sp³-hybridized carbons (Fsp3) is 0.333. The van der Waals surface area contributed by atoms with Gasteiger partial charge in [0.2, 0.25) is 0 Å². The van der Waals surface area contributed by atoms with Gasteiger partial charge in [0.05, 0.1) is 5.56 Å². The van der Waals surface area contributed by atoms with E-state index in [0.717, 1.165) is 18.7 Å². The summed E-state index contributed by atoms with van der Waals surface area (Å²) in [6, 6.07) is 2.95. The van der Waals surface area contributed by atoms with Crippen molar-refractivity contribution in [2.75, 3.05) is 0 Å². The molecule has 2 heterocycles. The van der Waals surface area contributed by atoms with Gasteiger partial charge in [-0.2, -0.15) is 0 Å². The Morgan fingerprint density at radius 1 is 1.17 bits per heavy atom. The van der Waals surface area contributed by atoms with Crippen molar-refractivity contribution in [3.8, 4) is 5.82 Å². The summed E-state index contributed by atoms with van der Waals surface area (Å²) in [5.74, 6) is -1.40. The first-order chi connectivity index (χ1) is 8.57. The number of hydrogen-bond acceptors (Lipinski definition) is 5. The number of aliphatic hydroxyl groups is 3. The van der Waals surface area contributed by atoms with E-state index in [2.05, 4.69) is 9.97 Å². The largest absolute Gasteiger partial charge is 0.340 e. The third kappa shape index (κ3) is 1.90. The van der Waals surface area contributed by atoms with Crippen LogP contribution in [0.4, 0.5) is 0 Å². The van der Waals surface area contributed by atoms with Crippen molar-refractivity contribution in [3.63, 3.8) is 0 Å². The molecule has 0 bridgehead atoms. The molecule has 18 heavy (non-hydrogen) atoms. The van der Waals surface area contributed by atoms with Gasteiger partial charge in [-0.15, -0.1) is 0 Å². The molecule has 0 unspecified atom stereocenters. The Morgan fingerprint density at radius 3 is 2.61 bits per heavy atom. The molecule has 6 nitrogen and oxygen atoms in total. The highest BCUT2D eigenvalue weighted by Crippen LogP contribution is 2.40. The Kier molecular flexibility index (Phi) is 2.44. The van der Waals surface area contributed by atoms with Crippen LogP contribution in [-0.4, -0.2) is 29.9 Å². The quantitative estimate of drug-likeness (QED) is 0.675. The van der Waals surface area contributed by atoms with Crippen molar-refractivity contribution in [1.82, 2.24) is 14.5 Å². The second kappa shape index (κ2) is 3.88. The van der Waals surface area contributed by atoms with Crippen LogP contribution in [0.3, 0.4) is 0 Å². The summed E-state index contributed by atoms with van der Waals surface area (Å²) >= 11 is 0. The number of hydrogen-bond donors (Lipinski definition) is 3. The minimum atomic E-state index is -2.91. The summed E-state index contributed by atoms with van der Waals surface area (Å²) in [5, 5.41) is 28.1. The predicted molar refractivity (Wildman–Crippen MR) is 61.7 cm³/mol. The molecule has 0 atom stereocenters. The average Bonchev–Trinajstić information content (AvgIpc) is 3.06. The third-order valence-corrected chi connectivity index (χ3v) is 2.99. The smallest absolute Gasteiger partial charge is 0.308 e. The van der Waals surface area contributed by atoms with Gasteiger partial charge in [-0.3, -0.25) is 4.57 Å². The number of pyridine rings is 1. The molecule has 0 amide bonds. The van der Waals surface area contributed by atoms with E-state index < -0.39 is 5.97 Å². The van der Waals surface area contributed by atoms with Gasteiger partial charge in [-0.1, -0.05) is 0 Å². The van der Waals surface area contributed by atoms with E-state index in [4.69, 9.17) is 0 Å². The number of rotatable bonds is 3.